The number of para-hydroxylation sites is 1. The minimum absolute atomic E-state index is 0.0644. The van der Waals surface area contributed by atoms with Crippen LogP contribution in [-0.4, -0.2) is 24.6 Å². The summed E-state index contributed by atoms with van der Waals surface area (Å²) >= 11 is 0. The van der Waals surface area contributed by atoms with Crippen LogP contribution in [0.4, 0.5) is 0 Å². The lowest BCUT2D eigenvalue weighted by molar-refractivity contribution is -0.127. The van der Waals surface area contributed by atoms with Gasteiger partial charge in [-0.05, 0) is 38.8 Å². The van der Waals surface area contributed by atoms with Gasteiger partial charge in [0, 0.05) is 12.6 Å². The molecule has 100 valence electrons. The van der Waals surface area contributed by atoms with Crippen molar-refractivity contribution in [2.24, 2.45) is 5.73 Å². The van der Waals surface area contributed by atoms with E-state index in [4.69, 9.17) is 10.5 Å². The monoisotopic (exact) mass is 250 g/mol. The summed E-state index contributed by atoms with van der Waals surface area (Å²) in [7, 11) is 0. The SMILES string of the molecule is CCNC(=O)C(C)Oc1ccccc1CC(C)N. The van der Waals surface area contributed by atoms with Gasteiger partial charge in [-0.15, -0.1) is 0 Å². The Bertz CT molecular complexity index is 391. The van der Waals surface area contributed by atoms with Crippen molar-refractivity contribution in [2.75, 3.05) is 6.54 Å². The molecule has 0 fully saturated rings. The fraction of sp³-hybridized carbons (Fsp3) is 0.500. The van der Waals surface area contributed by atoms with E-state index in [1.165, 1.54) is 0 Å². The van der Waals surface area contributed by atoms with Gasteiger partial charge in [0.25, 0.3) is 5.91 Å². The fourth-order valence-corrected chi connectivity index (χ4v) is 1.70. The second-order valence-corrected chi connectivity index (χ2v) is 4.44. The van der Waals surface area contributed by atoms with Crippen molar-refractivity contribution in [1.82, 2.24) is 5.32 Å². The smallest absolute Gasteiger partial charge is 0.260 e. The lowest BCUT2D eigenvalue weighted by Gasteiger charge is -2.17. The molecule has 4 heteroatoms. The van der Waals surface area contributed by atoms with Crippen LogP contribution in [0.5, 0.6) is 5.75 Å². The van der Waals surface area contributed by atoms with E-state index >= 15 is 0 Å². The first-order valence-electron chi connectivity index (χ1n) is 6.32. The minimum Gasteiger partial charge on any atom is -0.481 e. The van der Waals surface area contributed by atoms with Crippen LogP contribution in [0.3, 0.4) is 0 Å². The van der Waals surface area contributed by atoms with Crippen LogP contribution in [0.2, 0.25) is 0 Å². The number of rotatable bonds is 6. The number of nitrogens with two attached hydrogens (primary N) is 1. The van der Waals surface area contributed by atoms with E-state index in [0.717, 1.165) is 17.7 Å². The molecule has 1 rings (SSSR count). The maximum absolute atomic E-state index is 11.6. The standard InChI is InChI=1S/C14H22N2O2/c1-4-16-14(17)11(3)18-13-8-6-5-7-12(13)9-10(2)15/h5-8,10-11H,4,9,15H2,1-3H3,(H,16,17). The third-order valence-electron chi connectivity index (χ3n) is 2.54. The number of ether oxygens (including phenoxy) is 1. The predicted molar refractivity (Wildman–Crippen MR) is 72.6 cm³/mol. The van der Waals surface area contributed by atoms with Gasteiger partial charge in [0.2, 0.25) is 0 Å². The van der Waals surface area contributed by atoms with Gasteiger partial charge in [-0.2, -0.15) is 0 Å². The minimum atomic E-state index is -0.501. The zero-order chi connectivity index (χ0) is 13.5. The molecule has 0 bridgehead atoms. The number of carbonyl (C=O) groups excluding carboxylic acids is 1. The highest BCUT2D eigenvalue weighted by molar-refractivity contribution is 5.80. The van der Waals surface area contributed by atoms with Gasteiger partial charge in [-0.25, -0.2) is 0 Å². The van der Waals surface area contributed by atoms with Crippen LogP contribution in [0.1, 0.15) is 26.3 Å². The average molecular weight is 250 g/mol. The van der Waals surface area contributed by atoms with Crippen LogP contribution < -0.4 is 15.8 Å². The molecule has 0 aromatic heterocycles. The highest BCUT2D eigenvalue weighted by Gasteiger charge is 2.15. The highest BCUT2D eigenvalue weighted by Crippen LogP contribution is 2.20. The molecule has 3 N–H and O–H groups in total. The number of hydrogen-bond acceptors (Lipinski definition) is 3. The second-order valence-electron chi connectivity index (χ2n) is 4.44. The molecule has 1 amide bonds. The number of likely N-dealkylation sites (N-methyl/N-ethyl adjacent to an activating group) is 1. The largest absolute Gasteiger partial charge is 0.481 e. The van der Waals surface area contributed by atoms with Crippen molar-refractivity contribution in [3.8, 4) is 5.75 Å². The van der Waals surface area contributed by atoms with Crippen LogP contribution in [0.25, 0.3) is 0 Å². The van der Waals surface area contributed by atoms with Gasteiger partial charge in [-0.1, -0.05) is 18.2 Å². The van der Waals surface area contributed by atoms with Crippen molar-refractivity contribution < 1.29 is 9.53 Å². The third-order valence-corrected chi connectivity index (χ3v) is 2.54. The Kier molecular flexibility index (Phi) is 5.65. The summed E-state index contributed by atoms with van der Waals surface area (Å²) in [5, 5.41) is 2.74. The molecular formula is C14H22N2O2. The van der Waals surface area contributed by atoms with Crippen LogP contribution in [0, 0.1) is 0 Å². The summed E-state index contributed by atoms with van der Waals surface area (Å²) in [6.45, 7) is 6.18. The molecule has 2 atom stereocenters. The Morgan fingerprint density at radius 2 is 2.06 bits per heavy atom. The first-order chi connectivity index (χ1) is 8.54. The van der Waals surface area contributed by atoms with E-state index < -0.39 is 6.10 Å². The molecule has 0 heterocycles. The summed E-state index contributed by atoms with van der Waals surface area (Å²) in [5.74, 6) is 0.627. The van der Waals surface area contributed by atoms with Gasteiger partial charge in [-0.3, -0.25) is 4.79 Å². The summed E-state index contributed by atoms with van der Waals surface area (Å²) in [4.78, 5) is 11.6. The molecular weight excluding hydrogens is 228 g/mol. The molecule has 1 aromatic carbocycles. The molecule has 2 unspecified atom stereocenters. The van der Waals surface area contributed by atoms with Gasteiger partial charge in [0.1, 0.15) is 5.75 Å². The van der Waals surface area contributed by atoms with Crippen molar-refractivity contribution >= 4 is 5.91 Å². The first-order valence-corrected chi connectivity index (χ1v) is 6.32. The van der Waals surface area contributed by atoms with Crippen molar-refractivity contribution in [2.45, 2.75) is 39.3 Å². The Balaban J connectivity index is 2.74. The summed E-state index contributed by atoms with van der Waals surface area (Å²) in [5.41, 5.74) is 6.83. The zero-order valence-corrected chi connectivity index (χ0v) is 11.3. The quantitative estimate of drug-likeness (QED) is 0.803. The maximum Gasteiger partial charge on any atom is 0.260 e. The van der Waals surface area contributed by atoms with E-state index in [1.807, 2.05) is 38.1 Å². The maximum atomic E-state index is 11.6. The third kappa shape index (κ3) is 4.37. The van der Waals surface area contributed by atoms with E-state index in [9.17, 15) is 4.79 Å². The fourth-order valence-electron chi connectivity index (χ4n) is 1.70. The molecule has 0 aliphatic heterocycles. The molecule has 0 saturated carbocycles. The predicted octanol–water partition coefficient (Wildman–Crippen LogP) is 1.48. The van der Waals surface area contributed by atoms with Crippen LogP contribution in [-0.2, 0) is 11.2 Å². The Morgan fingerprint density at radius 3 is 2.67 bits per heavy atom. The first kappa shape index (κ1) is 14.5. The molecule has 0 saturated heterocycles. The number of amides is 1. The number of nitrogens with one attached hydrogen (secondary N) is 1. The van der Waals surface area contributed by atoms with Gasteiger partial charge >= 0.3 is 0 Å². The summed E-state index contributed by atoms with van der Waals surface area (Å²) in [6.07, 6.45) is 0.234. The topological polar surface area (TPSA) is 64.3 Å². The van der Waals surface area contributed by atoms with Crippen molar-refractivity contribution in [3.05, 3.63) is 29.8 Å². The van der Waals surface area contributed by atoms with Crippen molar-refractivity contribution in [3.63, 3.8) is 0 Å². The van der Waals surface area contributed by atoms with E-state index in [0.29, 0.717) is 6.54 Å². The molecule has 0 spiro atoms. The Labute approximate surface area is 109 Å². The number of carbonyl (C=O) groups is 1. The lowest BCUT2D eigenvalue weighted by atomic mass is 10.1. The van der Waals surface area contributed by atoms with Gasteiger partial charge in [0.05, 0.1) is 0 Å². The lowest BCUT2D eigenvalue weighted by Crippen LogP contribution is -2.36. The molecule has 0 aliphatic rings. The zero-order valence-electron chi connectivity index (χ0n) is 11.3. The second kappa shape index (κ2) is 7.01. The summed E-state index contributed by atoms with van der Waals surface area (Å²) < 4.78 is 5.69. The van der Waals surface area contributed by atoms with Crippen LogP contribution in [0.15, 0.2) is 24.3 Å². The Hall–Kier alpha value is -1.55. The van der Waals surface area contributed by atoms with E-state index in [2.05, 4.69) is 5.32 Å². The molecule has 1 aromatic rings. The number of hydrogen-bond donors (Lipinski definition) is 2. The highest BCUT2D eigenvalue weighted by atomic mass is 16.5. The average Bonchev–Trinajstić information content (AvgIpc) is 2.31. The normalized spacial score (nSPS) is 13.8. The molecule has 4 nitrogen and oxygen atoms in total. The van der Waals surface area contributed by atoms with E-state index in [1.54, 1.807) is 6.92 Å². The summed E-state index contributed by atoms with van der Waals surface area (Å²) in [6, 6.07) is 7.75. The number of benzene rings is 1. The molecule has 0 aliphatic carbocycles. The van der Waals surface area contributed by atoms with Gasteiger partial charge in [0.15, 0.2) is 6.10 Å². The van der Waals surface area contributed by atoms with E-state index in [-0.39, 0.29) is 11.9 Å². The molecule has 18 heavy (non-hydrogen) atoms. The Morgan fingerprint density at radius 1 is 1.39 bits per heavy atom. The van der Waals surface area contributed by atoms with Crippen LogP contribution >= 0.6 is 0 Å². The van der Waals surface area contributed by atoms with Gasteiger partial charge < -0.3 is 15.8 Å². The molecule has 0 radical (unpaired) electrons. The van der Waals surface area contributed by atoms with Crippen molar-refractivity contribution in [1.29, 1.82) is 0 Å².